The molecule has 0 saturated heterocycles. The van der Waals surface area contributed by atoms with Crippen molar-refractivity contribution in [2.24, 2.45) is 5.92 Å². The predicted molar refractivity (Wildman–Crippen MR) is 118 cm³/mol. The third kappa shape index (κ3) is 4.74. The fourth-order valence-electron chi connectivity index (χ4n) is 3.41. The van der Waals surface area contributed by atoms with Crippen molar-refractivity contribution in [1.82, 2.24) is 25.3 Å². The summed E-state index contributed by atoms with van der Waals surface area (Å²) in [5.74, 6) is -0.552. The zero-order valence-electron chi connectivity index (χ0n) is 18.2. The Morgan fingerprint density at radius 2 is 1.97 bits per heavy atom. The van der Waals surface area contributed by atoms with Crippen LogP contribution in [-0.2, 0) is 17.9 Å². The van der Waals surface area contributed by atoms with E-state index in [0.717, 1.165) is 12.0 Å². The third-order valence-electron chi connectivity index (χ3n) is 5.63. The summed E-state index contributed by atoms with van der Waals surface area (Å²) in [6.07, 6.45) is 0.849. The van der Waals surface area contributed by atoms with E-state index in [-0.39, 0.29) is 36.3 Å². The van der Waals surface area contributed by atoms with E-state index >= 15 is 0 Å². The molecule has 1 aliphatic heterocycles. The second-order valence-corrected chi connectivity index (χ2v) is 8.83. The highest BCUT2D eigenvalue weighted by molar-refractivity contribution is 6.31. The molecular weight excluding hydrogens is 418 g/mol. The molecule has 2 aromatic rings. The Hall–Kier alpha value is -2.87. The van der Waals surface area contributed by atoms with Crippen LogP contribution in [0.4, 0.5) is 0 Å². The van der Waals surface area contributed by atoms with Gasteiger partial charge in [-0.2, -0.15) is 5.10 Å². The number of hydrogen-bond acceptors (Lipinski definition) is 4. The second-order valence-electron chi connectivity index (χ2n) is 8.42. The lowest BCUT2D eigenvalue weighted by molar-refractivity contribution is -0.132. The van der Waals surface area contributed by atoms with E-state index in [1.807, 2.05) is 18.2 Å². The van der Waals surface area contributed by atoms with Crippen LogP contribution in [0.15, 0.2) is 30.3 Å². The molecule has 1 aliphatic rings. The first kappa shape index (κ1) is 22.8. The van der Waals surface area contributed by atoms with Gasteiger partial charge in [0.05, 0.1) is 6.54 Å². The van der Waals surface area contributed by atoms with Gasteiger partial charge in [0.15, 0.2) is 5.69 Å². The van der Waals surface area contributed by atoms with Gasteiger partial charge in [0.25, 0.3) is 11.8 Å². The second kappa shape index (κ2) is 9.09. The lowest BCUT2D eigenvalue weighted by Gasteiger charge is -2.40. The van der Waals surface area contributed by atoms with Gasteiger partial charge < -0.3 is 15.5 Å². The maximum absolute atomic E-state index is 12.9. The van der Waals surface area contributed by atoms with Crippen LogP contribution in [0.1, 0.15) is 53.7 Å². The molecule has 166 valence electrons. The Balaban J connectivity index is 1.74. The van der Waals surface area contributed by atoms with Crippen LogP contribution in [-0.4, -0.2) is 51.5 Å². The number of carbonyl (C=O) groups excluding carboxylic acids is 3. The monoisotopic (exact) mass is 445 g/mol. The number of benzene rings is 1. The summed E-state index contributed by atoms with van der Waals surface area (Å²) in [4.78, 5) is 39.8. The van der Waals surface area contributed by atoms with Crippen molar-refractivity contribution in [1.29, 1.82) is 0 Å². The lowest BCUT2D eigenvalue weighted by atomic mass is 9.95. The van der Waals surface area contributed by atoms with Gasteiger partial charge >= 0.3 is 0 Å². The highest BCUT2D eigenvalue weighted by Gasteiger charge is 2.46. The van der Waals surface area contributed by atoms with E-state index in [1.165, 1.54) is 15.6 Å². The van der Waals surface area contributed by atoms with Crippen LogP contribution in [0.5, 0.6) is 0 Å². The maximum atomic E-state index is 12.9. The van der Waals surface area contributed by atoms with E-state index in [2.05, 4.69) is 29.6 Å². The molecule has 2 N–H and O–H groups in total. The molecule has 0 spiro atoms. The Morgan fingerprint density at radius 3 is 2.65 bits per heavy atom. The fraction of sp³-hybridized carbons (Fsp3) is 0.455. The normalized spacial score (nSPS) is 18.1. The van der Waals surface area contributed by atoms with Crippen molar-refractivity contribution < 1.29 is 14.4 Å². The molecule has 9 heteroatoms. The number of carbonyl (C=O) groups is 3. The SMILES string of the molecule is CC(C)CCNC(=O)C1(C)Cn2nc(C(=O)NCc3ccccc3Cl)cc2C(=O)N1C. The van der Waals surface area contributed by atoms with Crippen molar-refractivity contribution in [3.63, 3.8) is 0 Å². The van der Waals surface area contributed by atoms with Gasteiger partial charge in [0.2, 0.25) is 5.91 Å². The van der Waals surface area contributed by atoms with Crippen LogP contribution >= 0.6 is 11.6 Å². The minimum Gasteiger partial charge on any atom is -0.354 e. The van der Waals surface area contributed by atoms with Crippen LogP contribution in [0.3, 0.4) is 0 Å². The Labute approximate surface area is 186 Å². The third-order valence-corrected chi connectivity index (χ3v) is 6.00. The van der Waals surface area contributed by atoms with Crippen molar-refractivity contribution in [2.75, 3.05) is 13.6 Å². The zero-order chi connectivity index (χ0) is 22.8. The molecule has 1 unspecified atom stereocenters. The van der Waals surface area contributed by atoms with Gasteiger partial charge in [0, 0.05) is 31.2 Å². The summed E-state index contributed by atoms with van der Waals surface area (Å²) in [7, 11) is 1.60. The first-order valence-electron chi connectivity index (χ1n) is 10.3. The minimum absolute atomic E-state index is 0.119. The molecule has 0 bridgehead atoms. The van der Waals surface area contributed by atoms with Gasteiger partial charge in [-0.05, 0) is 30.9 Å². The standard InChI is InChI=1S/C22H28ClN5O3/c1-14(2)9-10-24-21(31)22(3)13-28-18(20(30)27(22)4)11-17(26-28)19(29)25-12-15-7-5-6-8-16(15)23/h5-8,11,14H,9-10,12-13H2,1-4H3,(H,24,31)(H,25,29). The molecule has 1 aromatic carbocycles. The first-order valence-corrected chi connectivity index (χ1v) is 10.7. The molecule has 3 rings (SSSR count). The molecule has 0 radical (unpaired) electrons. The Kier molecular flexibility index (Phi) is 6.69. The summed E-state index contributed by atoms with van der Waals surface area (Å²) in [5.41, 5.74) is 0.0762. The Morgan fingerprint density at radius 1 is 1.26 bits per heavy atom. The summed E-state index contributed by atoms with van der Waals surface area (Å²) >= 11 is 6.13. The minimum atomic E-state index is -1.10. The van der Waals surface area contributed by atoms with E-state index in [4.69, 9.17) is 11.6 Å². The molecule has 31 heavy (non-hydrogen) atoms. The number of nitrogens with one attached hydrogen (secondary N) is 2. The van der Waals surface area contributed by atoms with E-state index < -0.39 is 11.4 Å². The van der Waals surface area contributed by atoms with E-state index in [0.29, 0.717) is 17.5 Å². The summed E-state index contributed by atoms with van der Waals surface area (Å²) < 4.78 is 1.44. The van der Waals surface area contributed by atoms with E-state index in [1.54, 1.807) is 20.0 Å². The van der Waals surface area contributed by atoms with Crippen LogP contribution in [0.2, 0.25) is 5.02 Å². The fourth-order valence-corrected chi connectivity index (χ4v) is 3.61. The number of halogens is 1. The highest BCUT2D eigenvalue weighted by Crippen LogP contribution is 2.26. The van der Waals surface area contributed by atoms with Crippen molar-refractivity contribution >= 4 is 29.3 Å². The predicted octanol–water partition coefficient (Wildman–Crippen LogP) is 2.47. The molecule has 0 saturated carbocycles. The number of amides is 3. The molecule has 0 aliphatic carbocycles. The van der Waals surface area contributed by atoms with Gasteiger partial charge in [-0.3, -0.25) is 19.1 Å². The smallest absolute Gasteiger partial charge is 0.272 e. The van der Waals surface area contributed by atoms with E-state index in [9.17, 15) is 14.4 Å². The quantitative estimate of drug-likeness (QED) is 0.684. The summed E-state index contributed by atoms with van der Waals surface area (Å²) in [6, 6.07) is 8.68. The molecular formula is C22H28ClN5O3. The van der Waals surface area contributed by atoms with Gasteiger partial charge in [-0.25, -0.2) is 0 Å². The van der Waals surface area contributed by atoms with Crippen LogP contribution in [0, 0.1) is 5.92 Å². The number of aromatic nitrogens is 2. The highest BCUT2D eigenvalue weighted by atomic mass is 35.5. The molecule has 3 amide bonds. The maximum Gasteiger partial charge on any atom is 0.272 e. The molecule has 0 fully saturated rings. The summed E-state index contributed by atoms with van der Waals surface area (Å²) in [6.45, 7) is 6.81. The average Bonchev–Trinajstić information content (AvgIpc) is 3.15. The van der Waals surface area contributed by atoms with Crippen LogP contribution in [0.25, 0.3) is 0 Å². The number of rotatable bonds is 7. The summed E-state index contributed by atoms with van der Waals surface area (Å²) in [5, 5.41) is 10.5. The topological polar surface area (TPSA) is 96.3 Å². The molecule has 1 aromatic heterocycles. The molecule has 1 atom stereocenters. The largest absolute Gasteiger partial charge is 0.354 e. The van der Waals surface area contributed by atoms with Crippen molar-refractivity contribution in [3.05, 3.63) is 52.3 Å². The zero-order valence-corrected chi connectivity index (χ0v) is 19.0. The van der Waals surface area contributed by atoms with Crippen LogP contribution < -0.4 is 10.6 Å². The molecule has 2 heterocycles. The van der Waals surface area contributed by atoms with Crippen molar-refractivity contribution in [3.8, 4) is 0 Å². The molecule has 8 nitrogen and oxygen atoms in total. The van der Waals surface area contributed by atoms with Gasteiger partial charge in [0.1, 0.15) is 11.2 Å². The first-order chi connectivity index (χ1) is 14.6. The number of likely N-dealkylation sites (N-methyl/N-ethyl adjacent to an activating group) is 1. The Bertz CT molecular complexity index is 1000. The number of hydrogen-bond donors (Lipinski definition) is 2. The lowest BCUT2D eigenvalue weighted by Crippen LogP contribution is -2.62. The van der Waals surface area contributed by atoms with Crippen molar-refractivity contribution in [2.45, 2.75) is 45.8 Å². The number of nitrogens with zero attached hydrogens (tertiary/aromatic N) is 3. The number of fused-ring (bicyclic) bond motifs is 1. The average molecular weight is 446 g/mol. The van der Waals surface area contributed by atoms with Gasteiger partial charge in [-0.1, -0.05) is 43.6 Å². The van der Waals surface area contributed by atoms with Gasteiger partial charge in [-0.15, -0.1) is 0 Å².